The van der Waals surface area contributed by atoms with Crippen molar-refractivity contribution in [3.05, 3.63) is 29.6 Å². The van der Waals surface area contributed by atoms with Crippen LogP contribution in [0.3, 0.4) is 0 Å². The third-order valence-electron chi connectivity index (χ3n) is 3.27. The van der Waals surface area contributed by atoms with Crippen molar-refractivity contribution in [1.82, 2.24) is 0 Å². The molecule has 0 saturated heterocycles. The highest BCUT2D eigenvalue weighted by molar-refractivity contribution is 5.83. The van der Waals surface area contributed by atoms with Crippen LogP contribution in [0.2, 0.25) is 0 Å². The number of carboxylic acids is 1. The maximum Gasteiger partial charge on any atom is 0.314 e. The Hall–Kier alpha value is -1.62. The fourth-order valence-corrected chi connectivity index (χ4v) is 2.27. The molecule has 92 valence electrons. The van der Waals surface area contributed by atoms with Gasteiger partial charge in [0.2, 0.25) is 0 Å². The Morgan fingerprint density at radius 1 is 1.53 bits per heavy atom. The predicted octanol–water partition coefficient (Wildman–Crippen LogP) is 1.31. The second-order valence-corrected chi connectivity index (χ2v) is 4.30. The van der Waals surface area contributed by atoms with E-state index in [1.165, 1.54) is 19.2 Å². The van der Waals surface area contributed by atoms with Crippen molar-refractivity contribution in [2.75, 3.05) is 7.11 Å². The molecule has 1 fully saturated rings. The van der Waals surface area contributed by atoms with Crippen molar-refractivity contribution in [2.24, 2.45) is 0 Å². The first kappa shape index (κ1) is 11.9. The minimum absolute atomic E-state index is 0.0472. The average molecular weight is 240 g/mol. The molecule has 0 atom stereocenters. The van der Waals surface area contributed by atoms with Gasteiger partial charge < -0.3 is 14.9 Å². The van der Waals surface area contributed by atoms with Crippen molar-refractivity contribution >= 4 is 5.97 Å². The minimum Gasteiger partial charge on any atom is -0.497 e. The molecule has 1 saturated carbocycles. The first-order valence-electron chi connectivity index (χ1n) is 5.25. The van der Waals surface area contributed by atoms with Crippen LogP contribution in [0.25, 0.3) is 0 Å². The fraction of sp³-hybridized carbons (Fsp3) is 0.417. The number of methoxy groups -OCH3 is 1. The molecule has 4 nitrogen and oxygen atoms in total. The summed E-state index contributed by atoms with van der Waals surface area (Å²) in [5, 5.41) is 18.5. The molecule has 1 aromatic carbocycles. The second-order valence-electron chi connectivity index (χ2n) is 4.30. The molecule has 1 aliphatic carbocycles. The molecule has 0 amide bonds. The number of aliphatic hydroxyl groups excluding tert-OH is 1. The van der Waals surface area contributed by atoms with Gasteiger partial charge in [-0.25, -0.2) is 4.39 Å². The maximum absolute atomic E-state index is 13.8. The fourth-order valence-electron chi connectivity index (χ4n) is 2.27. The maximum atomic E-state index is 13.8. The second kappa shape index (κ2) is 4.00. The zero-order valence-electron chi connectivity index (χ0n) is 9.31. The molecule has 17 heavy (non-hydrogen) atoms. The van der Waals surface area contributed by atoms with Crippen LogP contribution in [-0.4, -0.2) is 29.4 Å². The number of hydrogen-bond donors (Lipinski definition) is 2. The Kier molecular flexibility index (Phi) is 2.79. The van der Waals surface area contributed by atoms with Gasteiger partial charge in [0.05, 0.1) is 13.2 Å². The van der Waals surface area contributed by atoms with Crippen molar-refractivity contribution < 1.29 is 24.1 Å². The van der Waals surface area contributed by atoms with Gasteiger partial charge in [0, 0.05) is 11.6 Å². The Morgan fingerprint density at radius 3 is 2.59 bits per heavy atom. The average Bonchev–Trinajstić information content (AvgIpc) is 2.24. The number of carboxylic acid groups (broad SMARTS) is 1. The third-order valence-corrected chi connectivity index (χ3v) is 3.27. The molecule has 0 spiro atoms. The van der Waals surface area contributed by atoms with Gasteiger partial charge in [0.15, 0.2) is 0 Å². The van der Waals surface area contributed by atoms with Gasteiger partial charge in [-0.15, -0.1) is 0 Å². The van der Waals surface area contributed by atoms with E-state index in [0.717, 1.165) is 6.07 Å². The zero-order chi connectivity index (χ0) is 12.6. The van der Waals surface area contributed by atoms with Gasteiger partial charge in [-0.2, -0.15) is 0 Å². The van der Waals surface area contributed by atoms with E-state index in [-0.39, 0.29) is 18.4 Å². The molecule has 5 heteroatoms. The number of ether oxygens (including phenoxy) is 1. The van der Waals surface area contributed by atoms with Gasteiger partial charge in [0.25, 0.3) is 0 Å². The van der Waals surface area contributed by atoms with E-state index in [9.17, 15) is 19.4 Å². The molecule has 0 aliphatic heterocycles. The van der Waals surface area contributed by atoms with Crippen LogP contribution < -0.4 is 4.74 Å². The molecule has 0 radical (unpaired) electrons. The van der Waals surface area contributed by atoms with Crippen molar-refractivity contribution in [3.8, 4) is 5.75 Å². The number of benzene rings is 1. The topological polar surface area (TPSA) is 66.8 Å². The van der Waals surface area contributed by atoms with Crippen LogP contribution in [0.5, 0.6) is 5.75 Å². The summed E-state index contributed by atoms with van der Waals surface area (Å²) in [6.45, 7) is 0. The summed E-state index contributed by atoms with van der Waals surface area (Å²) in [6, 6.07) is 4.09. The minimum atomic E-state index is -1.30. The number of hydrogen-bond acceptors (Lipinski definition) is 3. The smallest absolute Gasteiger partial charge is 0.314 e. The van der Waals surface area contributed by atoms with E-state index >= 15 is 0 Å². The number of halogens is 1. The number of carbonyl (C=O) groups is 1. The van der Waals surface area contributed by atoms with Crippen LogP contribution in [0.15, 0.2) is 18.2 Å². The van der Waals surface area contributed by atoms with Crippen molar-refractivity contribution in [1.29, 1.82) is 0 Å². The molecule has 1 aliphatic rings. The molecule has 1 aromatic rings. The Bertz CT molecular complexity index is 452. The van der Waals surface area contributed by atoms with Crippen LogP contribution in [0.1, 0.15) is 18.4 Å². The van der Waals surface area contributed by atoms with Crippen molar-refractivity contribution in [3.63, 3.8) is 0 Å². The molecular weight excluding hydrogens is 227 g/mol. The van der Waals surface area contributed by atoms with E-state index in [1.54, 1.807) is 0 Å². The Morgan fingerprint density at radius 2 is 2.18 bits per heavy atom. The lowest BCUT2D eigenvalue weighted by Gasteiger charge is -2.42. The quantitative estimate of drug-likeness (QED) is 0.836. The van der Waals surface area contributed by atoms with Crippen molar-refractivity contribution in [2.45, 2.75) is 24.4 Å². The molecule has 0 unspecified atom stereocenters. The van der Waals surface area contributed by atoms with E-state index in [1.807, 2.05) is 0 Å². The SMILES string of the molecule is COc1ccc(C2(C(=O)O)CC(O)C2)c(F)c1. The number of aliphatic hydroxyl groups is 1. The van der Waals surface area contributed by atoms with Gasteiger partial charge >= 0.3 is 5.97 Å². The molecule has 2 N–H and O–H groups in total. The molecular formula is C12H13FO4. The lowest BCUT2D eigenvalue weighted by atomic mass is 9.62. The van der Waals surface area contributed by atoms with Crippen LogP contribution in [0.4, 0.5) is 4.39 Å². The van der Waals surface area contributed by atoms with Gasteiger partial charge in [0.1, 0.15) is 17.0 Å². The highest BCUT2D eigenvalue weighted by atomic mass is 19.1. The summed E-state index contributed by atoms with van der Waals surface area (Å²) in [5.74, 6) is -1.38. The molecule has 0 bridgehead atoms. The largest absolute Gasteiger partial charge is 0.497 e. The van der Waals surface area contributed by atoms with E-state index in [0.29, 0.717) is 5.75 Å². The van der Waals surface area contributed by atoms with Gasteiger partial charge in [-0.1, -0.05) is 6.07 Å². The van der Waals surface area contributed by atoms with Crippen LogP contribution in [0, 0.1) is 5.82 Å². The van der Waals surface area contributed by atoms with E-state index < -0.39 is 23.3 Å². The summed E-state index contributed by atoms with van der Waals surface area (Å²) >= 11 is 0. The summed E-state index contributed by atoms with van der Waals surface area (Å²) in [7, 11) is 1.41. The highest BCUT2D eigenvalue weighted by Crippen LogP contribution is 2.45. The van der Waals surface area contributed by atoms with E-state index in [4.69, 9.17) is 4.74 Å². The first-order valence-corrected chi connectivity index (χ1v) is 5.25. The molecule has 2 rings (SSSR count). The first-order chi connectivity index (χ1) is 7.99. The van der Waals surface area contributed by atoms with Crippen LogP contribution in [-0.2, 0) is 10.2 Å². The van der Waals surface area contributed by atoms with E-state index in [2.05, 4.69) is 0 Å². The highest BCUT2D eigenvalue weighted by Gasteiger charge is 2.52. The van der Waals surface area contributed by atoms with Gasteiger partial charge in [-0.3, -0.25) is 4.79 Å². The number of aliphatic carboxylic acids is 1. The summed E-state index contributed by atoms with van der Waals surface area (Å²) in [5.41, 5.74) is -1.19. The Labute approximate surface area is 97.6 Å². The van der Waals surface area contributed by atoms with Crippen LogP contribution >= 0.6 is 0 Å². The zero-order valence-corrected chi connectivity index (χ0v) is 9.31. The number of rotatable bonds is 3. The van der Waals surface area contributed by atoms with Gasteiger partial charge in [-0.05, 0) is 18.9 Å². The lowest BCUT2D eigenvalue weighted by molar-refractivity contribution is -0.153. The lowest BCUT2D eigenvalue weighted by Crippen LogP contribution is -2.51. The molecule has 0 aromatic heterocycles. The summed E-state index contributed by atoms with van der Waals surface area (Å²) in [4.78, 5) is 11.2. The molecule has 0 heterocycles. The Balaban J connectivity index is 2.42. The summed E-state index contributed by atoms with van der Waals surface area (Å²) in [6.07, 6.45) is -0.579. The predicted molar refractivity (Wildman–Crippen MR) is 57.5 cm³/mol. The normalized spacial score (nSPS) is 27.4. The third kappa shape index (κ3) is 1.76. The summed E-state index contributed by atoms with van der Waals surface area (Å²) < 4.78 is 18.7. The monoisotopic (exact) mass is 240 g/mol. The standard InChI is InChI=1S/C12H13FO4/c1-17-8-2-3-9(10(13)4-8)12(11(15)16)5-7(14)6-12/h2-4,7,14H,5-6H2,1H3,(H,15,16).